The third-order valence-electron chi connectivity index (χ3n) is 3.06. The van der Waals surface area contributed by atoms with Crippen LogP contribution in [0.15, 0.2) is 22.7 Å². The highest BCUT2D eigenvalue weighted by atomic mass is 79.9. The van der Waals surface area contributed by atoms with Gasteiger partial charge in [-0.1, -0.05) is 48.2 Å². The number of H-pyrrole nitrogens is 1. The van der Waals surface area contributed by atoms with Crippen LogP contribution in [-0.2, 0) is 0 Å². The lowest BCUT2D eigenvalue weighted by molar-refractivity contribution is 0.164. The molecule has 6 heteroatoms. The second-order valence-electron chi connectivity index (χ2n) is 4.49. The zero-order valence-corrected chi connectivity index (χ0v) is 12.4. The fraction of sp³-hybridized carbons (Fsp3) is 0.462. The quantitative estimate of drug-likeness (QED) is 0.800. The smallest absolute Gasteiger partial charge is 0.179 e. The molecule has 5 nitrogen and oxygen atoms in total. The van der Waals surface area contributed by atoms with Crippen LogP contribution in [0, 0.1) is 0 Å². The number of nitrogens with one attached hydrogen (secondary N) is 1. The Morgan fingerprint density at radius 2 is 2.21 bits per heavy atom. The van der Waals surface area contributed by atoms with Crippen molar-refractivity contribution in [1.29, 1.82) is 0 Å². The van der Waals surface area contributed by atoms with Gasteiger partial charge in [-0.2, -0.15) is 0 Å². The summed E-state index contributed by atoms with van der Waals surface area (Å²) in [5.41, 5.74) is 1.70. The topological polar surface area (TPSA) is 74.7 Å². The molecule has 0 saturated heterocycles. The molecule has 0 unspecified atom stereocenters. The molecule has 0 aliphatic rings. The zero-order chi connectivity index (χ0) is 13.7. The summed E-state index contributed by atoms with van der Waals surface area (Å²) in [4.78, 5) is 0. The number of halogens is 1. The van der Waals surface area contributed by atoms with E-state index in [0.717, 1.165) is 41.3 Å². The van der Waals surface area contributed by atoms with Crippen molar-refractivity contribution in [3.63, 3.8) is 0 Å². The van der Waals surface area contributed by atoms with Crippen LogP contribution in [-0.4, -0.2) is 25.7 Å². The third kappa shape index (κ3) is 3.61. The van der Waals surface area contributed by atoms with Crippen molar-refractivity contribution in [2.75, 3.05) is 0 Å². The first-order valence-corrected chi connectivity index (χ1v) is 7.23. The zero-order valence-electron chi connectivity index (χ0n) is 10.8. The summed E-state index contributed by atoms with van der Waals surface area (Å²) in [5, 5.41) is 24.2. The Hall–Kier alpha value is -1.27. The fourth-order valence-electron chi connectivity index (χ4n) is 2.04. The predicted octanol–water partition coefficient (Wildman–Crippen LogP) is 3.24. The van der Waals surface area contributed by atoms with Gasteiger partial charge in [0, 0.05) is 10.0 Å². The van der Waals surface area contributed by atoms with E-state index in [0.29, 0.717) is 5.82 Å². The molecule has 0 bridgehead atoms. The molecule has 0 saturated carbocycles. The van der Waals surface area contributed by atoms with E-state index in [9.17, 15) is 5.11 Å². The molecule has 0 aliphatic carbocycles. The molecule has 19 heavy (non-hydrogen) atoms. The van der Waals surface area contributed by atoms with Crippen LogP contribution in [0.25, 0.3) is 11.4 Å². The van der Waals surface area contributed by atoms with Crippen molar-refractivity contribution in [2.45, 2.75) is 38.7 Å². The minimum atomic E-state index is -0.486. The van der Waals surface area contributed by atoms with Gasteiger partial charge in [-0.05, 0) is 34.5 Å². The Labute approximate surface area is 120 Å². The van der Waals surface area contributed by atoms with Crippen molar-refractivity contribution in [2.24, 2.45) is 0 Å². The average molecular weight is 325 g/mol. The van der Waals surface area contributed by atoms with Gasteiger partial charge in [-0.25, -0.2) is 5.10 Å². The van der Waals surface area contributed by atoms with Crippen LogP contribution < -0.4 is 0 Å². The molecule has 1 atom stereocenters. The molecular weight excluding hydrogens is 308 g/mol. The van der Waals surface area contributed by atoms with Gasteiger partial charge in [-0.3, -0.25) is 0 Å². The van der Waals surface area contributed by atoms with Crippen LogP contribution in [0.4, 0.5) is 0 Å². The number of tetrazole rings is 1. The Morgan fingerprint density at radius 1 is 1.37 bits per heavy atom. The molecule has 1 aromatic carbocycles. The summed E-state index contributed by atoms with van der Waals surface area (Å²) in [5.74, 6) is 0.575. The van der Waals surface area contributed by atoms with Gasteiger partial charge in [0.25, 0.3) is 0 Å². The first-order valence-electron chi connectivity index (χ1n) is 6.44. The molecule has 0 spiro atoms. The number of rotatable bonds is 6. The number of benzene rings is 1. The van der Waals surface area contributed by atoms with Gasteiger partial charge in [0.1, 0.15) is 0 Å². The highest BCUT2D eigenvalue weighted by Gasteiger charge is 2.16. The van der Waals surface area contributed by atoms with Crippen LogP contribution in [0.5, 0.6) is 0 Å². The number of aromatic amines is 1. The van der Waals surface area contributed by atoms with Crippen LogP contribution in [0.2, 0.25) is 0 Å². The monoisotopic (exact) mass is 324 g/mol. The van der Waals surface area contributed by atoms with Crippen molar-refractivity contribution < 1.29 is 5.11 Å². The summed E-state index contributed by atoms with van der Waals surface area (Å²) in [6.07, 6.45) is 3.56. The summed E-state index contributed by atoms with van der Waals surface area (Å²) in [6, 6.07) is 5.75. The molecule has 2 rings (SSSR count). The van der Waals surface area contributed by atoms with Gasteiger partial charge >= 0.3 is 0 Å². The maximum absolute atomic E-state index is 10.3. The highest BCUT2D eigenvalue weighted by molar-refractivity contribution is 9.10. The second-order valence-corrected chi connectivity index (χ2v) is 5.41. The van der Waals surface area contributed by atoms with Crippen molar-refractivity contribution in [1.82, 2.24) is 20.6 Å². The molecule has 0 aliphatic heterocycles. The first-order chi connectivity index (χ1) is 9.22. The minimum absolute atomic E-state index is 0.486. The number of aromatic nitrogens is 4. The average Bonchev–Trinajstić information content (AvgIpc) is 2.92. The number of nitrogens with zero attached hydrogens (tertiary/aromatic N) is 3. The van der Waals surface area contributed by atoms with Gasteiger partial charge in [0.2, 0.25) is 0 Å². The minimum Gasteiger partial charge on any atom is -0.388 e. The van der Waals surface area contributed by atoms with Gasteiger partial charge < -0.3 is 5.11 Å². The highest BCUT2D eigenvalue weighted by Crippen LogP contribution is 2.31. The number of unbranched alkanes of at least 4 members (excludes halogenated alkanes) is 2. The lowest BCUT2D eigenvalue weighted by Crippen LogP contribution is -2.01. The Bertz CT molecular complexity index is 515. The molecular formula is C13H17BrN4O. The Morgan fingerprint density at radius 3 is 2.89 bits per heavy atom. The van der Waals surface area contributed by atoms with Crippen LogP contribution >= 0.6 is 15.9 Å². The normalized spacial score (nSPS) is 12.6. The summed E-state index contributed by atoms with van der Waals surface area (Å²) in [7, 11) is 0. The van der Waals surface area contributed by atoms with E-state index in [1.54, 1.807) is 0 Å². The summed E-state index contributed by atoms with van der Waals surface area (Å²) < 4.78 is 0.934. The number of hydrogen-bond donors (Lipinski definition) is 2. The summed E-state index contributed by atoms with van der Waals surface area (Å²) in [6.45, 7) is 2.15. The Balaban J connectivity index is 2.24. The van der Waals surface area contributed by atoms with Crippen molar-refractivity contribution >= 4 is 15.9 Å². The third-order valence-corrected chi connectivity index (χ3v) is 3.55. The van der Waals surface area contributed by atoms with Crippen molar-refractivity contribution in [3.8, 4) is 11.4 Å². The lowest BCUT2D eigenvalue weighted by atomic mass is 9.98. The van der Waals surface area contributed by atoms with Gasteiger partial charge in [0.15, 0.2) is 5.82 Å². The molecule has 0 fully saturated rings. The maximum atomic E-state index is 10.3. The molecule has 1 heterocycles. The van der Waals surface area contributed by atoms with E-state index in [1.807, 2.05) is 18.2 Å². The number of aliphatic hydroxyl groups is 1. The maximum Gasteiger partial charge on any atom is 0.179 e. The van der Waals surface area contributed by atoms with Gasteiger partial charge in [0.05, 0.1) is 6.10 Å². The largest absolute Gasteiger partial charge is 0.388 e. The summed E-state index contributed by atoms with van der Waals surface area (Å²) >= 11 is 3.43. The van der Waals surface area contributed by atoms with Crippen LogP contribution in [0.3, 0.4) is 0 Å². The molecule has 2 aromatic rings. The van der Waals surface area contributed by atoms with Crippen LogP contribution in [0.1, 0.15) is 44.3 Å². The standard InChI is InChI=1S/C13H17BrN4O/c1-2-3-4-5-12(19)10-7-6-9(14)8-11(10)13-15-17-18-16-13/h6-8,12,19H,2-5H2,1H3,(H,15,16,17,18)/t12-/m1/s1. The van der Waals surface area contributed by atoms with E-state index < -0.39 is 6.10 Å². The van der Waals surface area contributed by atoms with Gasteiger partial charge in [-0.15, -0.1) is 5.10 Å². The molecule has 2 N–H and O–H groups in total. The van der Waals surface area contributed by atoms with E-state index in [2.05, 4.69) is 43.5 Å². The van der Waals surface area contributed by atoms with E-state index >= 15 is 0 Å². The SMILES string of the molecule is CCCCC[C@@H](O)c1ccc(Br)cc1-c1nnn[nH]1. The fourth-order valence-corrected chi connectivity index (χ4v) is 2.40. The number of hydrogen-bond acceptors (Lipinski definition) is 4. The lowest BCUT2D eigenvalue weighted by Gasteiger charge is -2.14. The molecule has 0 amide bonds. The van der Waals surface area contributed by atoms with E-state index in [-0.39, 0.29) is 0 Å². The molecule has 0 radical (unpaired) electrons. The second kappa shape index (κ2) is 6.77. The van der Waals surface area contributed by atoms with E-state index in [4.69, 9.17) is 0 Å². The number of aliphatic hydroxyl groups excluding tert-OH is 1. The Kier molecular flexibility index (Phi) is 5.04. The first kappa shape index (κ1) is 14.1. The predicted molar refractivity (Wildman–Crippen MR) is 76.4 cm³/mol. The van der Waals surface area contributed by atoms with Crippen molar-refractivity contribution in [3.05, 3.63) is 28.2 Å². The van der Waals surface area contributed by atoms with E-state index in [1.165, 1.54) is 0 Å². The molecule has 102 valence electrons. The molecule has 1 aromatic heterocycles.